The lowest BCUT2D eigenvalue weighted by atomic mass is 9.78. The number of rotatable bonds is 6. The summed E-state index contributed by atoms with van der Waals surface area (Å²) in [5.74, 6) is -0.0371. The molecule has 0 unspecified atom stereocenters. The van der Waals surface area contributed by atoms with Crippen molar-refractivity contribution in [2.75, 3.05) is 12.4 Å². The average molecular weight is 492 g/mol. The maximum absolute atomic E-state index is 12.6. The second-order valence-electron chi connectivity index (χ2n) is 9.59. The van der Waals surface area contributed by atoms with Crippen LogP contribution in [0.15, 0.2) is 36.4 Å². The summed E-state index contributed by atoms with van der Waals surface area (Å²) in [6.45, 7) is 4.76. The van der Waals surface area contributed by atoms with Gasteiger partial charge in [-0.2, -0.15) is 13.2 Å². The van der Waals surface area contributed by atoms with Gasteiger partial charge in [0.15, 0.2) is 0 Å². The van der Waals surface area contributed by atoms with Crippen LogP contribution < -0.4 is 10.1 Å². The number of halogens is 3. The molecule has 0 radical (unpaired) electrons. The zero-order valence-electron chi connectivity index (χ0n) is 20.3. The highest BCUT2D eigenvalue weighted by molar-refractivity contribution is 5.81. The second kappa shape index (κ2) is 11.0. The van der Waals surface area contributed by atoms with Crippen molar-refractivity contribution in [3.63, 3.8) is 0 Å². The van der Waals surface area contributed by atoms with Crippen LogP contribution in [0.25, 0.3) is 11.0 Å². The van der Waals surface area contributed by atoms with Gasteiger partial charge < -0.3 is 20.1 Å². The Balaban J connectivity index is 0.000000363. The molecule has 9 heteroatoms. The molecular formula is C26H32F3N3O3. The lowest BCUT2D eigenvalue weighted by molar-refractivity contribution is -0.138. The molecule has 1 heterocycles. The molecule has 3 N–H and O–H groups in total. The summed E-state index contributed by atoms with van der Waals surface area (Å²) in [7, 11) is 1.49. The normalized spacial score (nSPS) is 15.3. The fourth-order valence-electron chi connectivity index (χ4n) is 4.16. The third-order valence-corrected chi connectivity index (χ3v) is 6.17. The molecule has 0 spiro atoms. The monoisotopic (exact) mass is 491 g/mol. The standard InChI is InChI=1S/C18H16F3N3O3.C8H16/c1-27-15-9-14-13(8-10(15)2-7-16(25)26)23-17(24-14)22-12-5-3-11(4-6-12)18(19,20)21;1-8(2)6-4-3-5-7-8/h3-6,8-9H,2,7H2,1H3,(H,25,26)(H2,22,23,24);3-7H2,1-2H3. The van der Waals surface area contributed by atoms with Gasteiger partial charge in [-0.15, -0.1) is 0 Å². The number of H-pyrrole nitrogens is 1. The van der Waals surface area contributed by atoms with E-state index in [0.717, 1.165) is 17.7 Å². The number of alkyl halides is 3. The minimum Gasteiger partial charge on any atom is -0.496 e. The number of hydrogen-bond acceptors (Lipinski definition) is 4. The minimum absolute atomic E-state index is 0.0351. The fourth-order valence-corrected chi connectivity index (χ4v) is 4.16. The summed E-state index contributed by atoms with van der Waals surface area (Å²) >= 11 is 0. The zero-order valence-corrected chi connectivity index (χ0v) is 20.3. The van der Waals surface area contributed by atoms with Crippen LogP contribution in [0.2, 0.25) is 0 Å². The van der Waals surface area contributed by atoms with Crippen molar-refractivity contribution in [3.05, 3.63) is 47.5 Å². The zero-order chi connectivity index (χ0) is 25.6. The number of hydrogen-bond donors (Lipinski definition) is 3. The molecule has 0 aliphatic heterocycles. The number of fused-ring (bicyclic) bond motifs is 1. The van der Waals surface area contributed by atoms with Crippen molar-refractivity contribution in [1.29, 1.82) is 0 Å². The number of benzene rings is 2. The molecule has 0 bridgehead atoms. The number of carboxylic acid groups (broad SMARTS) is 1. The van der Waals surface area contributed by atoms with Crippen LogP contribution in [-0.2, 0) is 17.4 Å². The smallest absolute Gasteiger partial charge is 0.416 e. The number of imidazole rings is 1. The molecule has 1 aliphatic carbocycles. The molecule has 0 amide bonds. The van der Waals surface area contributed by atoms with E-state index in [9.17, 15) is 18.0 Å². The number of carbonyl (C=O) groups is 1. The van der Waals surface area contributed by atoms with E-state index in [1.54, 1.807) is 12.1 Å². The molecule has 1 aromatic heterocycles. The van der Waals surface area contributed by atoms with Crippen LogP contribution in [0.4, 0.5) is 24.8 Å². The molecule has 1 aliphatic rings. The predicted molar refractivity (Wildman–Crippen MR) is 130 cm³/mol. The Labute approximate surface area is 202 Å². The highest BCUT2D eigenvalue weighted by Crippen LogP contribution is 2.34. The van der Waals surface area contributed by atoms with Gasteiger partial charge in [-0.1, -0.05) is 33.1 Å². The van der Waals surface area contributed by atoms with E-state index < -0.39 is 17.7 Å². The van der Waals surface area contributed by atoms with Gasteiger partial charge in [0.2, 0.25) is 5.95 Å². The van der Waals surface area contributed by atoms with E-state index in [1.165, 1.54) is 51.3 Å². The van der Waals surface area contributed by atoms with Crippen LogP contribution in [0.1, 0.15) is 63.5 Å². The summed E-state index contributed by atoms with van der Waals surface area (Å²) in [5.41, 5.74) is 2.35. The topological polar surface area (TPSA) is 87.2 Å². The average Bonchev–Trinajstić information content (AvgIpc) is 3.18. The van der Waals surface area contributed by atoms with Crippen molar-refractivity contribution in [1.82, 2.24) is 9.97 Å². The van der Waals surface area contributed by atoms with E-state index in [-0.39, 0.29) is 6.42 Å². The van der Waals surface area contributed by atoms with Gasteiger partial charge in [0.25, 0.3) is 0 Å². The SMILES string of the molecule is CC1(C)CCCCC1.COc1cc2nc(Nc3ccc(C(F)(F)F)cc3)[nH]c2cc1CCC(=O)O. The number of anilines is 2. The summed E-state index contributed by atoms with van der Waals surface area (Å²) in [5, 5.41) is 11.8. The van der Waals surface area contributed by atoms with E-state index >= 15 is 0 Å². The Morgan fingerprint density at radius 1 is 1.14 bits per heavy atom. The Bertz CT molecular complexity index is 1130. The van der Waals surface area contributed by atoms with E-state index in [4.69, 9.17) is 9.84 Å². The van der Waals surface area contributed by atoms with Crippen LogP contribution in [0.3, 0.4) is 0 Å². The van der Waals surface area contributed by atoms with Gasteiger partial charge in [-0.05, 0) is 60.6 Å². The van der Waals surface area contributed by atoms with Gasteiger partial charge in [0.05, 0.1) is 23.7 Å². The maximum Gasteiger partial charge on any atom is 0.416 e. The molecule has 35 heavy (non-hydrogen) atoms. The first-order valence-corrected chi connectivity index (χ1v) is 11.7. The van der Waals surface area contributed by atoms with Gasteiger partial charge in [-0.25, -0.2) is 4.98 Å². The van der Waals surface area contributed by atoms with Crippen molar-refractivity contribution in [2.24, 2.45) is 5.41 Å². The van der Waals surface area contributed by atoms with Crippen LogP contribution in [0, 0.1) is 5.41 Å². The number of aromatic amines is 1. The number of aliphatic carboxylic acids is 1. The molecule has 1 fully saturated rings. The largest absolute Gasteiger partial charge is 0.496 e. The lowest BCUT2D eigenvalue weighted by Crippen LogP contribution is -2.14. The number of carboxylic acids is 1. The highest BCUT2D eigenvalue weighted by Gasteiger charge is 2.30. The van der Waals surface area contributed by atoms with E-state index in [0.29, 0.717) is 40.3 Å². The molecule has 2 aromatic carbocycles. The number of nitrogens with one attached hydrogen (secondary N) is 2. The maximum atomic E-state index is 12.6. The lowest BCUT2D eigenvalue weighted by Gasteiger charge is -2.28. The Kier molecular flexibility index (Phi) is 8.30. The van der Waals surface area contributed by atoms with E-state index in [1.807, 2.05) is 0 Å². The number of nitrogens with zero attached hydrogens (tertiary/aromatic N) is 1. The first-order chi connectivity index (χ1) is 16.5. The minimum atomic E-state index is -4.39. The molecule has 6 nitrogen and oxygen atoms in total. The van der Waals surface area contributed by atoms with Gasteiger partial charge in [0.1, 0.15) is 5.75 Å². The second-order valence-corrected chi connectivity index (χ2v) is 9.59. The Morgan fingerprint density at radius 3 is 2.31 bits per heavy atom. The number of ether oxygens (including phenoxy) is 1. The molecule has 1 saturated carbocycles. The van der Waals surface area contributed by atoms with Gasteiger partial charge >= 0.3 is 12.1 Å². The van der Waals surface area contributed by atoms with Crippen molar-refractivity contribution >= 4 is 28.6 Å². The van der Waals surface area contributed by atoms with Crippen molar-refractivity contribution in [3.8, 4) is 5.75 Å². The number of aryl methyl sites for hydroxylation is 1. The van der Waals surface area contributed by atoms with Crippen LogP contribution in [-0.4, -0.2) is 28.2 Å². The Hall–Kier alpha value is -3.23. The van der Waals surface area contributed by atoms with Crippen LogP contribution >= 0.6 is 0 Å². The van der Waals surface area contributed by atoms with Gasteiger partial charge in [0, 0.05) is 18.2 Å². The van der Waals surface area contributed by atoms with Crippen LogP contribution in [0.5, 0.6) is 5.75 Å². The molecule has 0 atom stereocenters. The fraction of sp³-hybridized carbons (Fsp3) is 0.462. The summed E-state index contributed by atoms with van der Waals surface area (Å²) in [6.07, 6.45) is 3.19. The van der Waals surface area contributed by atoms with Crippen molar-refractivity contribution < 1.29 is 27.8 Å². The molecule has 4 rings (SSSR count). The third-order valence-electron chi connectivity index (χ3n) is 6.17. The quantitative estimate of drug-likeness (QED) is 0.336. The predicted octanol–water partition coefficient (Wildman–Crippen LogP) is 7.33. The summed E-state index contributed by atoms with van der Waals surface area (Å²) in [6, 6.07) is 8.03. The highest BCUT2D eigenvalue weighted by atomic mass is 19.4. The summed E-state index contributed by atoms with van der Waals surface area (Å²) < 4.78 is 43.1. The Morgan fingerprint density at radius 2 is 1.80 bits per heavy atom. The molecule has 3 aromatic rings. The number of methoxy groups -OCH3 is 1. The number of aromatic nitrogens is 2. The first kappa shape index (κ1) is 26.4. The summed E-state index contributed by atoms with van der Waals surface area (Å²) in [4.78, 5) is 18.1. The van der Waals surface area contributed by atoms with Crippen molar-refractivity contribution in [2.45, 2.75) is 65.0 Å². The first-order valence-electron chi connectivity index (χ1n) is 11.7. The third kappa shape index (κ3) is 7.63. The van der Waals surface area contributed by atoms with Gasteiger partial charge in [-0.3, -0.25) is 4.79 Å². The molecular weight excluding hydrogens is 459 g/mol. The molecule has 0 saturated heterocycles. The molecule has 190 valence electrons. The van der Waals surface area contributed by atoms with E-state index in [2.05, 4.69) is 29.1 Å².